The van der Waals surface area contributed by atoms with Gasteiger partial charge in [0, 0.05) is 18.3 Å². The Kier molecular flexibility index (Phi) is 4.48. The lowest BCUT2D eigenvalue weighted by Gasteiger charge is -2.11. The third kappa shape index (κ3) is 3.74. The van der Waals surface area contributed by atoms with Gasteiger partial charge in [-0.3, -0.25) is 9.59 Å². The lowest BCUT2D eigenvalue weighted by molar-refractivity contribution is -0.139. The maximum absolute atomic E-state index is 13.2. The number of nitrogens with one attached hydrogen (secondary N) is 1. The average molecular weight is 329 g/mol. The Morgan fingerprint density at radius 1 is 1.26 bits per heavy atom. The highest BCUT2D eigenvalue weighted by molar-refractivity contribution is 6.02. The minimum Gasteiger partial charge on any atom is -0.321 e. The molecule has 0 atom stereocenters. The van der Waals surface area contributed by atoms with Gasteiger partial charge in [0.05, 0.1) is 5.56 Å². The van der Waals surface area contributed by atoms with Gasteiger partial charge in [-0.15, -0.1) is 0 Å². The SMILES string of the molecule is CCn1nc(C(=O)Nc2ccc(F)c(C(F)(F)F)c2)ccc1=O. The highest BCUT2D eigenvalue weighted by Gasteiger charge is 2.34. The molecule has 1 N–H and O–H groups in total. The molecule has 0 aliphatic carbocycles. The number of halogens is 4. The number of alkyl halides is 3. The molecule has 23 heavy (non-hydrogen) atoms. The van der Waals surface area contributed by atoms with E-state index in [2.05, 4.69) is 10.4 Å². The van der Waals surface area contributed by atoms with Crippen LogP contribution in [0.5, 0.6) is 0 Å². The molecule has 0 bridgehead atoms. The Morgan fingerprint density at radius 2 is 1.96 bits per heavy atom. The third-order valence-electron chi connectivity index (χ3n) is 2.93. The number of anilines is 1. The molecule has 1 amide bonds. The molecule has 0 unspecified atom stereocenters. The summed E-state index contributed by atoms with van der Waals surface area (Å²) in [6, 6.07) is 4.37. The maximum Gasteiger partial charge on any atom is 0.419 e. The van der Waals surface area contributed by atoms with Gasteiger partial charge < -0.3 is 5.32 Å². The first-order chi connectivity index (χ1) is 10.7. The fraction of sp³-hybridized carbons (Fsp3) is 0.214. The van der Waals surface area contributed by atoms with E-state index in [9.17, 15) is 27.2 Å². The minimum atomic E-state index is -4.88. The standard InChI is InChI=1S/C14H11F4N3O2/c1-2-21-12(22)6-5-11(20-21)13(23)19-8-3-4-10(15)9(7-8)14(16,17)18/h3-7H,2H2,1H3,(H,19,23). The van der Waals surface area contributed by atoms with Crippen LogP contribution in [0.15, 0.2) is 35.1 Å². The summed E-state index contributed by atoms with van der Waals surface area (Å²) in [5.41, 5.74) is -2.28. The van der Waals surface area contributed by atoms with E-state index in [1.54, 1.807) is 6.92 Å². The van der Waals surface area contributed by atoms with Gasteiger partial charge in [-0.05, 0) is 31.2 Å². The van der Waals surface area contributed by atoms with Crippen molar-refractivity contribution in [2.24, 2.45) is 0 Å². The third-order valence-corrected chi connectivity index (χ3v) is 2.93. The summed E-state index contributed by atoms with van der Waals surface area (Å²) < 4.78 is 52.1. The number of nitrogens with zero attached hydrogens (tertiary/aromatic N) is 2. The molecule has 0 spiro atoms. The Morgan fingerprint density at radius 3 is 2.57 bits per heavy atom. The molecule has 1 aromatic carbocycles. The number of hydrogen-bond donors (Lipinski definition) is 1. The van der Waals surface area contributed by atoms with E-state index < -0.39 is 29.0 Å². The predicted octanol–water partition coefficient (Wildman–Crippen LogP) is 2.67. The lowest BCUT2D eigenvalue weighted by atomic mass is 10.1. The van der Waals surface area contributed by atoms with E-state index in [-0.39, 0.29) is 17.9 Å². The van der Waals surface area contributed by atoms with Gasteiger partial charge >= 0.3 is 6.18 Å². The zero-order valence-corrected chi connectivity index (χ0v) is 11.8. The second kappa shape index (κ2) is 6.19. The number of hydrogen-bond acceptors (Lipinski definition) is 3. The quantitative estimate of drug-likeness (QED) is 0.881. The molecule has 122 valence electrons. The number of carbonyl (C=O) groups excluding carboxylic acids is 1. The van der Waals surface area contributed by atoms with Gasteiger partial charge in [-0.1, -0.05) is 0 Å². The number of aromatic nitrogens is 2. The molecular weight excluding hydrogens is 318 g/mol. The predicted molar refractivity (Wildman–Crippen MR) is 73.5 cm³/mol. The second-order valence-corrected chi connectivity index (χ2v) is 4.52. The van der Waals surface area contributed by atoms with Crippen LogP contribution in [-0.4, -0.2) is 15.7 Å². The van der Waals surface area contributed by atoms with E-state index in [1.165, 1.54) is 0 Å². The van der Waals surface area contributed by atoms with Gasteiger partial charge in [0.15, 0.2) is 0 Å². The van der Waals surface area contributed by atoms with Crippen LogP contribution in [0.1, 0.15) is 23.0 Å². The first-order valence-electron chi connectivity index (χ1n) is 6.48. The summed E-state index contributed by atoms with van der Waals surface area (Å²) in [5, 5.41) is 5.96. The van der Waals surface area contributed by atoms with E-state index in [0.29, 0.717) is 12.1 Å². The Balaban J connectivity index is 2.29. The smallest absolute Gasteiger partial charge is 0.321 e. The van der Waals surface area contributed by atoms with Gasteiger partial charge in [0.2, 0.25) is 0 Å². The molecule has 0 saturated carbocycles. The monoisotopic (exact) mass is 329 g/mol. The molecule has 5 nitrogen and oxygen atoms in total. The van der Waals surface area contributed by atoms with Crippen molar-refractivity contribution in [2.75, 3.05) is 5.32 Å². The second-order valence-electron chi connectivity index (χ2n) is 4.52. The van der Waals surface area contributed by atoms with E-state index >= 15 is 0 Å². The van der Waals surface area contributed by atoms with Gasteiger partial charge in [0.25, 0.3) is 11.5 Å². The highest BCUT2D eigenvalue weighted by Crippen LogP contribution is 2.33. The minimum absolute atomic E-state index is 0.149. The van der Waals surface area contributed by atoms with Crippen molar-refractivity contribution in [3.8, 4) is 0 Å². The van der Waals surface area contributed by atoms with Crippen LogP contribution in [-0.2, 0) is 12.7 Å². The molecule has 0 aliphatic rings. The van der Waals surface area contributed by atoms with Gasteiger partial charge in [-0.25, -0.2) is 9.07 Å². The van der Waals surface area contributed by atoms with Crippen LogP contribution in [0.4, 0.5) is 23.2 Å². The lowest BCUT2D eigenvalue weighted by Crippen LogP contribution is -2.25. The molecule has 0 saturated heterocycles. The zero-order valence-electron chi connectivity index (χ0n) is 11.8. The number of aryl methyl sites for hydroxylation is 1. The fourth-order valence-corrected chi connectivity index (χ4v) is 1.81. The van der Waals surface area contributed by atoms with Crippen LogP contribution in [0, 0.1) is 5.82 Å². The topological polar surface area (TPSA) is 64.0 Å². The first-order valence-corrected chi connectivity index (χ1v) is 6.48. The van der Waals surface area contributed by atoms with Crippen molar-refractivity contribution in [3.63, 3.8) is 0 Å². The van der Waals surface area contributed by atoms with Crippen molar-refractivity contribution in [3.05, 3.63) is 57.8 Å². The Hall–Kier alpha value is -2.71. The summed E-state index contributed by atoms with van der Waals surface area (Å²) in [5.74, 6) is -2.25. The fourth-order valence-electron chi connectivity index (χ4n) is 1.81. The van der Waals surface area contributed by atoms with Crippen LogP contribution in [0.25, 0.3) is 0 Å². The van der Waals surface area contributed by atoms with E-state index in [4.69, 9.17) is 0 Å². The number of carbonyl (C=O) groups is 1. The molecule has 2 rings (SSSR count). The van der Waals surface area contributed by atoms with Crippen molar-refractivity contribution in [1.29, 1.82) is 0 Å². The number of amides is 1. The molecule has 0 fully saturated rings. The number of rotatable bonds is 3. The first kappa shape index (κ1) is 16.7. The molecule has 0 aliphatic heterocycles. The number of benzene rings is 1. The molecule has 2 aromatic rings. The summed E-state index contributed by atoms with van der Waals surface area (Å²) in [7, 11) is 0. The molecule has 9 heteroatoms. The largest absolute Gasteiger partial charge is 0.419 e. The van der Waals surface area contributed by atoms with Crippen molar-refractivity contribution in [1.82, 2.24) is 9.78 Å². The Labute approximate surface area is 127 Å². The van der Waals surface area contributed by atoms with Crippen LogP contribution < -0.4 is 10.9 Å². The highest BCUT2D eigenvalue weighted by atomic mass is 19.4. The summed E-state index contributed by atoms with van der Waals surface area (Å²) in [6.07, 6.45) is -4.88. The van der Waals surface area contributed by atoms with Crippen LogP contribution >= 0.6 is 0 Å². The molecule has 1 aromatic heterocycles. The van der Waals surface area contributed by atoms with Crippen molar-refractivity contribution < 1.29 is 22.4 Å². The van der Waals surface area contributed by atoms with Gasteiger partial charge in [-0.2, -0.15) is 18.3 Å². The Bertz CT molecular complexity index is 799. The molecule has 0 radical (unpaired) electrons. The van der Waals surface area contributed by atoms with E-state index in [0.717, 1.165) is 22.9 Å². The van der Waals surface area contributed by atoms with Gasteiger partial charge in [0.1, 0.15) is 11.5 Å². The summed E-state index contributed by atoms with van der Waals surface area (Å²) >= 11 is 0. The summed E-state index contributed by atoms with van der Waals surface area (Å²) in [4.78, 5) is 23.4. The van der Waals surface area contributed by atoms with Crippen LogP contribution in [0.3, 0.4) is 0 Å². The van der Waals surface area contributed by atoms with E-state index in [1.807, 2.05) is 0 Å². The van der Waals surface area contributed by atoms with Crippen molar-refractivity contribution >= 4 is 11.6 Å². The average Bonchev–Trinajstić information content (AvgIpc) is 2.48. The maximum atomic E-state index is 13.2. The molecule has 1 heterocycles. The summed E-state index contributed by atoms with van der Waals surface area (Å²) in [6.45, 7) is 1.88. The van der Waals surface area contributed by atoms with Crippen LogP contribution in [0.2, 0.25) is 0 Å². The van der Waals surface area contributed by atoms with Crippen molar-refractivity contribution in [2.45, 2.75) is 19.6 Å². The normalized spacial score (nSPS) is 11.3. The zero-order chi connectivity index (χ0) is 17.2. The molecular formula is C14H11F4N3O2.